The van der Waals surface area contributed by atoms with Gasteiger partial charge in [-0.2, -0.15) is 0 Å². The van der Waals surface area contributed by atoms with Gasteiger partial charge in [-0.3, -0.25) is 9.19 Å². The van der Waals surface area contributed by atoms with Crippen LogP contribution in [0.1, 0.15) is 11.8 Å². The van der Waals surface area contributed by atoms with Crippen LogP contribution in [0.4, 0.5) is 0 Å². The maximum Gasteiger partial charge on any atom is 0.106 e. The third-order valence-corrected chi connectivity index (χ3v) is 4.46. The summed E-state index contributed by atoms with van der Waals surface area (Å²) in [6.07, 6.45) is 2.43. The molecular weight excluding hydrogens is 320 g/mol. The first-order valence-electron chi connectivity index (χ1n) is 6.77. The molecule has 0 aliphatic heterocycles. The minimum atomic E-state index is -1.10. The predicted octanol–water partition coefficient (Wildman–Crippen LogP) is 3.30. The minimum absolute atomic E-state index is 0.167. The molecule has 6 heteroatoms. The second-order valence-corrected chi connectivity index (χ2v) is 6.99. The highest BCUT2D eigenvalue weighted by Gasteiger charge is 2.21. The van der Waals surface area contributed by atoms with Crippen molar-refractivity contribution < 1.29 is 9.32 Å². The van der Waals surface area contributed by atoms with Gasteiger partial charge in [-0.05, 0) is 24.3 Å². The Morgan fingerprint density at radius 2 is 2.18 bits per heavy atom. The van der Waals surface area contributed by atoms with Crippen molar-refractivity contribution in [2.24, 2.45) is 0 Å². The summed E-state index contributed by atoms with van der Waals surface area (Å²) in [5, 5.41) is 12.0. The first-order chi connectivity index (χ1) is 10.6. The van der Waals surface area contributed by atoms with E-state index in [0.29, 0.717) is 10.7 Å². The van der Waals surface area contributed by atoms with Crippen LogP contribution >= 0.6 is 11.6 Å². The summed E-state index contributed by atoms with van der Waals surface area (Å²) in [7, 11) is -1.10. The first-order valence-corrected chi connectivity index (χ1v) is 8.87. The molecule has 4 nitrogen and oxygen atoms in total. The van der Waals surface area contributed by atoms with Gasteiger partial charge >= 0.3 is 0 Å². The van der Waals surface area contributed by atoms with Crippen LogP contribution in [0.2, 0.25) is 5.02 Å². The summed E-state index contributed by atoms with van der Waals surface area (Å²) < 4.78 is 11.4. The quantitative estimate of drug-likeness (QED) is 0.769. The van der Waals surface area contributed by atoms with Gasteiger partial charge in [0.1, 0.15) is 6.10 Å². The van der Waals surface area contributed by atoms with Crippen molar-refractivity contribution in [3.8, 4) is 11.3 Å². The molecule has 2 heterocycles. The van der Waals surface area contributed by atoms with E-state index in [2.05, 4.69) is 9.97 Å². The highest BCUT2D eigenvalue weighted by atomic mass is 35.5. The van der Waals surface area contributed by atoms with Gasteiger partial charge in [0.25, 0.3) is 0 Å². The zero-order valence-electron chi connectivity index (χ0n) is 11.9. The maximum atomic E-state index is 11.4. The van der Waals surface area contributed by atoms with Crippen LogP contribution in [-0.4, -0.2) is 31.3 Å². The van der Waals surface area contributed by atoms with Crippen molar-refractivity contribution >= 4 is 33.3 Å². The molecular formula is C16H15ClN2O2S. The molecule has 0 spiro atoms. The van der Waals surface area contributed by atoms with E-state index < -0.39 is 16.9 Å². The van der Waals surface area contributed by atoms with E-state index in [-0.39, 0.29) is 5.75 Å². The van der Waals surface area contributed by atoms with Gasteiger partial charge in [0.05, 0.1) is 17.1 Å². The number of aromatic amines is 1. The fourth-order valence-corrected chi connectivity index (χ4v) is 3.32. The van der Waals surface area contributed by atoms with E-state index in [1.807, 2.05) is 30.3 Å². The van der Waals surface area contributed by atoms with E-state index >= 15 is 0 Å². The third kappa shape index (κ3) is 2.92. The molecule has 1 aromatic carbocycles. The fraction of sp³-hybridized carbons (Fsp3) is 0.188. The molecule has 2 unspecified atom stereocenters. The topological polar surface area (TPSA) is 66.0 Å². The molecule has 3 rings (SSSR count). The van der Waals surface area contributed by atoms with Crippen molar-refractivity contribution in [2.45, 2.75) is 6.10 Å². The zero-order chi connectivity index (χ0) is 15.7. The van der Waals surface area contributed by atoms with Gasteiger partial charge in [0.15, 0.2) is 0 Å². The van der Waals surface area contributed by atoms with Gasteiger partial charge in [0, 0.05) is 44.7 Å². The lowest BCUT2D eigenvalue weighted by Gasteiger charge is -2.10. The molecule has 114 valence electrons. The average molecular weight is 335 g/mol. The van der Waals surface area contributed by atoms with E-state index in [4.69, 9.17) is 11.6 Å². The molecule has 0 aliphatic carbocycles. The number of H-pyrrole nitrogens is 1. The number of rotatable bonds is 4. The number of pyridine rings is 1. The summed E-state index contributed by atoms with van der Waals surface area (Å²) in [5.41, 5.74) is 3.02. The Balaban J connectivity index is 2.24. The Labute approximate surface area is 135 Å². The predicted molar refractivity (Wildman–Crippen MR) is 90.4 cm³/mol. The number of aliphatic hydroxyl groups excluding tert-OH is 1. The molecule has 3 aromatic rings. The standard InChI is InChI=1S/C16H15ClN2O2S/c1-22(21)9-14(20)16-15(12-4-2-3-7-18-12)11-6-5-10(17)8-13(11)19-16/h2-8,14,19-20H,9H2,1H3. The second kappa shape index (κ2) is 6.20. The number of aliphatic hydroxyl groups is 1. The molecule has 2 atom stereocenters. The highest BCUT2D eigenvalue weighted by Crippen LogP contribution is 2.35. The molecule has 0 bridgehead atoms. The van der Waals surface area contributed by atoms with Gasteiger partial charge in [-0.15, -0.1) is 0 Å². The summed E-state index contributed by atoms with van der Waals surface area (Å²) in [5.74, 6) is 0.167. The number of fused-ring (bicyclic) bond motifs is 1. The summed E-state index contributed by atoms with van der Waals surface area (Å²) in [4.78, 5) is 7.58. The molecule has 2 N–H and O–H groups in total. The minimum Gasteiger partial charge on any atom is -0.386 e. The lowest BCUT2D eigenvalue weighted by molar-refractivity contribution is 0.199. The monoisotopic (exact) mass is 334 g/mol. The van der Waals surface area contributed by atoms with Crippen molar-refractivity contribution in [2.75, 3.05) is 12.0 Å². The van der Waals surface area contributed by atoms with Gasteiger partial charge in [-0.1, -0.05) is 23.7 Å². The fourth-order valence-electron chi connectivity index (χ4n) is 2.53. The molecule has 2 aromatic heterocycles. The van der Waals surface area contributed by atoms with Crippen LogP contribution in [0, 0.1) is 0 Å². The molecule has 0 aliphatic rings. The largest absolute Gasteiger partial charge is 0.386 e. The summed E-state index contributed by atoms with van der Waals surface area (Å²) >= 11 is 6.04. The Morgan fingerprint density at radius 3 is 2.86 bits per heavy atom. The van der Waals surface area contributed by atoms with Crippen molar-refractivity contribution in [3.63, 3.8) is 0 Å². The summed E-state index contributed by atoms with van der Waals surface area (Å²) in [6, 6.07) is 11.1. The Kier molecular flexibility index (Phi) is 4.29. The Morgan fingerprint density at radius 1 is 1.36 bits per heavy atom. The Bertz CT molecular complexity index is 833. The van der Waals surface area contributed by atoms with E-state index in [0.717, 1.165) is 22.2 Å². The molecule has 0 fully saturated rings. The molecule has 22 heavy (non-hydrogen) atoms. The van der Waals surface area contributed by atoms with Crippen LogP contribution in [0.15, 0.2) is 42.6 Å². The second-order valence-electron chi connectivity index (χ2n) is 5.07. The number of aromatic nitrogens is 2. The van der Waals surface area contributed by atoms with Crippen LogP contribution < -0.4 is 0 Å². The lowest BCUT2D eigenvalue weighted by Crippen LogP contribution is -2.09. The first kappa shape index (κ1) is 15.2. The molecule has 0 saturated carbocycles. The van der Waals surface area contributed by atoms with Gasteiger partial charge in [-0.25, -0.2) is 0 Å². The number of hydrogen-bond donors (Lipinski definition) is 2. The SMILES string of the molecule is CS(=O)CC(O)c1[nH]c2cc(Cl)ccc2c1-c1ccccn1. The lowest BCUT2D eigenvalue weighted by atomic mass is 10.0. The van der Waals surface area contributed by atoms with Crippen LogP contribution in [-0.2, 0) is 10.8 Å². The maximum absolute atomic E-state index is 11.4. The third-order valence-electron chi connectivity index (χ3n) is 3.44. The Hall–Kier alpha value is -1.69. The normalized spacial score (nSPS) is 14.1. The smallest absolute Gasteiger partial charge is 0.106 e. The van der Waals surface area contributed by atoms with Crippen LogP contribution in [0.3, 0.4) is 0 Å². The average Bonchev–Trinajstić information content (AvgIpc) is 2.86. The van der Waals surface area contributed by atoms with Gasteiger partial charge in [0.2, 0.25) is 0 Å². The van der Waals surface area contributed by atoms with Crippen molar-refractivity contribution in [1.82, 2.24) is 9.97 Å². The zero-order valence-corrected chi connectivity index (χ0v) is 13.5. The van der Waals surface area contributed by atoms with E-state index in [1.54, 1.807) is 18.5 Å². The number of benzene rings is 1. The van der Waals surface area contributed by atoms with Crippen molar-refractivity contribution in [1.29, 1.82) is 0 Å². The number of hydrogen-bond acceptors (Lipinski definition) is 3. The number of halogens is 1. The molecule has 0 radical (unpaired) electrons. The van der Waals surface area contributed by atoms with Crippen LogP contribution in [0.25, 0.3) is 22.2 Å². The van der Waals surface area contributed by atoms with E-state index in [9.17, 15) is 9.32 Å². The summed E-state index contributed by atoms with van der Waals surface area (Å²) in [6.45, 7) is 0. The molecule has 0 amide bonds. The van der Waals surface area contributed by atoms with Crippen LogP contribution in [0.5, 0.6) is 0 Å². The van der Waals surface area contributed by atoms with E-state index in [1.165, 1.54) is 0 Å². The number of nitrogens with zero attached hydrogens (tertiary/aromatic N) is 1. The van der Waals surface area contributed by atoms with Gasteiger partial charge < -0.3 is 10.1 Å². The number of nitrogens with one attached hydrogen (secondary N) is 1. The highest BCUT2D eigenvalue weighted by molar-refractivity contribution is 7.84. The molecule has 0 saturated heterocycles. The van der Waals surface area contributed by atoms with Crippen molar-refractivity contribution in [3.05, 3.63) is 53.3 Å².